The van der Waals surface area contributed by atoms with E-state index in [4.69, 9.17) is 0 Å². The summed E-state index contributed by atoms with van der Waals surface area (Å²) in [7, 11) is 0. The summed E-state index contributed by atoms with van der Waals surface area (Å²) < 4.78 is 0. The van der Waals surface area contributed by atoms with E-state index < -0.39 is 0 Å². The second-order valence-corrected chi connectivity index (χ2v) is 7.77. The minimum atomic E-state index is 0.332. The average Bonchev–Trinajstić information content (AvgIpc) is 2.95. The molecule has 1 nitrogen and oxygen atoms in total. The molecule has 3 atom stereocenters. The van der Waals surface area contributed by atoms with Gasteiger partial charge in [-0.1, -0.05) is 76.2 Å². The van der Waals surface area contributed by atoms with Gasteiger partial charge in [-0.25, -0.2) is 0 Å². The molecule has 0 saturated carbocycles. The van der Waals surface area contributed by atoms with E-state index in [0.717, 1.165) is 23.6 Å². The fourth-order valence-electron chi connectivity index (χ4n) is 3.79. The third kappa shape index (κ3) is 3.93. The van der Waals surface area contributed by atoms with Crippen molar-refractivity contribution in [3.63, 3.8) is 0 Å². The Hall–Kier alpha value is -2.28. The molecule has 3 aromatic rings. The van der Waals surface area contributed by atoms with Gasteiger partial charge in [0.1, 0.15) is 5.75 Å². The van der Waals surface area contributed by atoms with Gasteiger partial charge in [0, 0.05) is 0 Å². The van der Waals surface area contributed by atoms with Gasteiger partial charge in [0.05, 0.1) is 0 Å². The third-order valence-corrected chi connectivity index (χ3v) is 5.97. The van der Waals surface area contributed by atoms with Crippen LogP contribution in [0.1, 0.15) is 62.6 Å². The van der Waals surface area contributed by atoms with Crippen molar-refractivity contribution in [3.05, 3.63) is 77.4 Å². The normalized spacial score (nSPS) is 19.5. The summed E-state index contributed by atoms with van der Waals surface area (Å²) in [5, 5.41) is 11.7. The zero-order chi connectivity index (χ0) is 18.7. The predicted molar refractivity (Wildman–Crippen MR) is 112 cm³/mol. The van der Waals surface area contributed by atoms with Crippen molar-refractivity contribution in [2.45, 2.75) is 52.4 Å². The highest BCUT2D eigenvalue weighted by Gasteiger charge is 2.24. The molecule has 0 aliphatic heterocycles. The summed E-state index contributed by atoms with van der Waals surface area (Å²) in [5.74, 6) is 2.54. The molecular weight excluding hydrogens is 316 g/mol. The van der Waals surface area contributed by atoms with E-state index in [2.05, 4.69) is 70.2 Å². The number of rotatable bonds is 2. The first kappa shape index (κ1) is 18.5. The fourth-order valence-corrected chi connectivity index (χ4v) is 3.79. The minimum Gasteiger partial charge on any atom is -0.508 e. The van der Waals surface area contributed by atoms with Crippen molar-refractivity contribution in [3.8, 4) is 5.75 Å². The maximum Gasteiger partial charge on any atom is 0.116 e. The zero-order valence-corrected chi connectivity index (χ0v) is 16.4. The fraction of sp³-hybridized carbons (Fsp3) is 0.360. The molecule has 0 spiro atoms. The summed E-state index contributed by atoms with van der Waals surface area (Å²) in [6.07, 6.45) is 2.43. The van der Waals surface area contributed by atoms with Crippen molar-refractivity contribution >= 4 is 10.8 Å². The van der Waals surface area contributed by atoms with Gasteiger partial charge in [-0.3, -0.25) is 0 Å². The Morgan fingerprint density at radius 2 is 1.65 bits per heavy atom. The van der Waals surface area contributed by atoms with Crippen LogP contribution in [0.5, 0.6) is 5.75 Å². The van der Waals surface area contributed by atoms with E-state index in [1.807, 2.05) is 6.07 Å². The molecule has 1 aliphatic rings. The van der Waals surface area contributed by atoms with Crippen LogP contribution in [0.2, 0.25) is 0 Å². The Bertz CT molecular complexity index is 880. The highest BCUT2D eigenvalue weighted by Crippen LogP contribution is 2.36. The van der Waals surface area contributed by atoms with Crippen LogP contribution in [-0.4, -0.2) is 5.11 Å². The molecule has 3 unspecified atom stereocenters. The number of phenolic OH excluding ortho intramolecular Hbond substituents is 1. The Kier molecular flexibility index (Phi) is 5.66. The number of hydrogen-bond acceptors (Lipinski definition) is 1. The molecular formula is C25H30O. The quantitative estimate of drug-likeness (QED) is 0.527. The van der Waals surface area contributed by atoms with Crippen LogP contribution in [0.25, 0.3) is 10.8 Å². The molecule has 26 heavy (non-hydrogen) atoms. The third-order valence-electron chi connectivity index (χ3n) is 5.97. The molecule has 0 saturated heterocycles. The lowest BCUT2D eigenvalue weighted by Crippen LogP contribution is -1.97. The Morgan fingerprint density at radius 1 is 0.962 bits per heavy atom. The maximum absolute atomic E-state index is 9.35. The molecule has 3 aromatic carbocycles. The Morgan fingerprint density at radius 3 is 2.38 bits per heavy atom. The van der Waals surface area contributed by atoms with Gasteiger partial charge in [-0.15, -0.1) is 0 Å². The molecule has 0 bridgehead atoms. The van der Waals surface area contributed by atoms with Gasteiger partial charge in [-0.05, 0) is 70.2 Å². The highest BCUT2D eigenvalue weighted by molar-refractivity contribution is 5.84. The maximum atomic E-state index is 9.35. The molecule has 0 fully saturated rings. The van der Waals surface area contributed by atoms with Gasteiger partial charge in [-0.2, -0.15) is 0 Å². The number of aromatic hydroxyl groups is 1. The molecule has 136 valence electrons. The van der Waals surface area contributed by atoms with Crippen LogP contribution < -0.4 is 0 Å². The molecule has 4 rings (SSSR count). The van der Waals surface area contributed by atoms with Crippen LogP contribution in [0.4, 0.5) is 0 Å². The second-order valence-electron chi connectivity index (χ2n) is 7.77. The number of fused-ring (bicyclic) bond motifs is 2. The first-order chi connectivity index (χ1) is 12.5. The van der Waals surface area contributed by atoms with Gasteiger partial charge in [0.25, 0.3) is 0 Å². The van der Waals surface area contributed by atoms with Gasteiger partial charge in [0.15, 0.2) is 0 Å². The summed E-state index contributed by atoms with van der Waals surface area (Å²) in [5.41, 5.74) is 4.50. The van der Waals surface area contributed by atoms with E-state index in [1.54, 1.807) is 23.3 Å². The number of phenols is 1. The van der Waals surface area contributed by atoms with Crippen molar-refractivity contribution in [1.29, 1.82) is 0 Å². The zero-order valence-electron chi connectivity index (χ0n) is 16.4. The number of benzene rings is 3. The van der Waals surface area contributed by atoms with E-state index in [9.17, 15) is 5.11 Å². The first-order valence-corrected chi connectivity index (χ1v) is 9.80. The minimum absolute atomic E-state index is 0.332. The van der Waals surface area contributed by atoms with Gasteiger partial charge >= 0.3 is 0 Å². The smallest absolute Gasteiger partial charge is 0.116 e. The van der Waals surface area contributed by atoms with Crippen LogP contribution in [0, 0.1) is 5.92 Å². The van der Waals surface area contributed by atoms with Crippen LogP contribution in [-0.2, 0) is 6.42 Å². The van der Waals surface area contributed by atoms with Crippen molar-refractivity contribution in [2.24, 2.45) is 5.92 Å². The van der Waals surface area contributed by atoms with Crippen molar-refractivity contribution < 1.29 is 5.11 Å². The molecule has 0 amide bonds. The lowest BCUT2D eigenvalue weighted by atomic mass is 9.96. The second kappa shape index (κ2) is 7.95. The number of hydrogen-bond donors (Lipinski definition) is 1. The molecule has 1 N–H and O–H groups in total. The lowest BCUT2D eigenvalue weighted by Gasteiger charge is -2.09. The van der Waals surface area contributed by atoms with Crippen molar-refractivity contribution in [2.75, 3.05) is 0 Å². The summed E-state index contributed by atoms with van der Waals surface area (Å²) in [6, 6.07) is 20.8. The largest absolute Gasteiger partial charge is 0.508 e. The Balaban J connectivity index is 0.000000158. The van der Waals surface area contributed by atoms with E-state index >= 15 is 0 Å². The topological polar surface area (TPSA) is 20.2 Å². The molecule has 0 radical (unpaired) electrons. The molecule has 1 aliphatic carbocycles. The predicted octanol–water partition coefficient (Wildman–Crippen LogP) is 7.04. The van der Waals surface area contributed by atoms with Crippen molar-refractivity contribution in [1.82, 2.24) is 0 Å². The van der Waals surface area contributed by atoms with Gasteiger partial charge in [0.2, 0.25) is 0 Å². The molecule has 0 heterocycles. The average molecular weight is 347 g/mol. The Labute approximate surface area is 157 Å². The van der Waals surface area contributed by atoms with Crippen LogP contribution >= 0.6 is 0 Å². The standard InChI is InChI=1S/C14H16O.C11H14/c1-3-10(2)11-4-5-13-9-14(15)7-6-12(13)8-11;1-8-7-10-5-3-4-6-11(10)9(8)2/h4-10,15H,3H2,1-2H3;3-6,8-9H,7H2,1-2H3. The lowest BCUT2D eigenvalue weighted by molar-refractivity contribution is 0.476. The molecule has 0 aromatic heterocycles. The highest BCUT2D eigenvalue weighted by atomic mass is 16.3. The summed E-state index contributed by atoms with van der Waals surface area (Å²) in [6.45, 7) is 9.11. The SMILES string of the molecule is CC1Cc2ccccc2C1C.CCC(C)c1ccc2cc(O)ccc2c1. The van der Waals surface area contributed by atoms with Crippen LogP contribution in [0.3, 0.4) is 0 Å². The first-order valence-electron chi connectivity index (χ1n) is 9.80. The molecule has 1 heteroatoms. The van der Waals surface area contributed by atoms with E-state index in [0.29, 0.717) is 11.7 Å². The van der Waals surface area contributed by atoms with Gasteiger partial charge < -0.3 is 5.11 Å². The monoisotopic (exact) mass is 346 g/mol. The van der Waals surface area contributed by atoms with E-state index in [1.165, 1.54) is 17.4 Å². The van der Waals surface area contributed by atoms with E-state index in [-0.39, 0.29) is 0 Å². The van der Waals surface area contributed by atoms with Crippen LogP contribution in [0.15, 0.2) is 60.7 Å². The summed E-state index contributed by atoms with van der Waals surface area (Å²) >= 11 is 0. The summed E-state index contributed by atoms with van der Waals surface area (Å²) in [4.78, 5) is 0.